The molecular weight excluding hydrogens is 326 g/mol. The molecule has 0 radical (unpaired) electrons. The Hall–Kier alpha value is -2.89. The molecule has 1 fully saturated rings. The van der Waals surface area contributed by atoms with E-state index in [0.717, 1.165) is 49.4 Å². The van der Waals surface area contributed by atoms with Gasteiger partial charge in [0.05, 0.1) is 6.33 Å². The van der Waals surface area contributed by atoms with Gasteiger partial charge in [-0.3, -0.25) is 4.79 Å². The van der Waals surface area contributed by atoms with E-state index in [4.69, 9.17) is 0 Å². The molecule has 3 aromatic rings. The fourth-order valence-corrected chi connectivity index (χ4v) is 3.71. The Labute approximate surface area is 153 Å². The minimum Gasteiger partial charge on any atom is -0.338 e. The fraction of sp³-hybridized carbons (Fsp3) is 0.350. The molecule has 1 amide bonds. The van der Waals surface area contributed by atoms with Crippen molar-refractivity contribution in [2.75, 3.05) is 13.1 Å². The zero-order valence-electron chi connectivity index (χ0n) is 15.0. The molecule has 0 N–H and O–H groups in total. The highest BCUT2D eigenvalue weighted by molar-refractivity contribution is 5.95. The second-order valence-corrected chi connectivity index (χ2v) is 6.96. The molecule has 0 aliphatic carbocycles. The van der Waals surface area contributed by atoms with Crippen molar-refractivity contribution in [1.29, 1.82) is 0 Å². The molecule has 134 valence electrons. The third kappa shape index (κ3) is 3.40. The van der Waals surface area contributed by atoms with Crippen LogP contribution in [0.1, 0.15) is 23.2 Å². The summed E-state index contributed by atoms with van der Waals surface area (Å²) in [6, 6.07) is 7.78. The first kappa shape index (κ1) is 16.6. The van der Waals surface area contributed by atoms with Crippen molar-refractivity contribution in [2.45, 2.75) is 19.4 Å². The van der Waals surface area contributed by atoms with Crippen molar-refractivity contribution in [3.63, 3.8) is 0 Å². The Morgan fingerprint density at radius 2 is 2.19 bits per heavy atom. The maximum absolute atomic E-state index is 13.0. The molecule has 1 saturated heterocycles. The fourth-order valence-electron chi connectivity index (χ4n) is 3.71. The van der Waals surface area contributed by atoms with E-state index in [-0.39, 0.29) is 5.91 Å². The molecule has 3 heterocycles. The number of benzene rings is 1. The van der Waals surface area contributed by atoms with Crippen molar-refractivity contribution < 1.29 is 4.79 Å². The first-order valence-corrected chi connectivity index (χ1v) is 9.03. The van der Waals surface area contributed by atoms with Gasteiger partial charge in [-0.05, 0) is 30.9 Å². The summed E-state index contributed by atoms with van der Waals surface area (Å²) in [6.07, 6.45) is 11.5. The minimum atomic E-state index is 0.108. The third-order valence-electron chi connectivity index (χ3n) is 5.02. The Morgan fingerprint density at radius 3 is 2.96 bits per heavy atom. The molecule has 0 spiro atoms. The Kier molecular flexibility index (Phi) is 4.56. The number of aryl methyl sites for hydroxylation is 1. The summed E-state index contributed by atoms with van der Waals surface area (Å²) < 4.78 is 4.06. The van der Waals surface area contributed by atoms with Gasteiger partial charge in [0, 0.05) is 62.6 Å². The van der Waals surface area contributed by atoms with E-state index in [1.54, 1.807) is 12.4 Å². The van der Waals surface area contributed by atoms with Crippen molar-refractivity contribution in [1.82, 2.24) is 24.0 Å². The standard InChI is InChI=1S/C20H23N5O/c1-23-10-8-22-19(23)17-5-2-6-18(12-17)20(26)25-9-3-4-16(14-25)13-24-11-7-21-15-24/h2,5-8,10-12,15-16H,3-4,9,13-14H2,1H3/t16-/m1/s1. The van der Waals surface area contributed by atoms with E-state index < -0.39 is 0 Å². The van der Waals surface area contributed by atoms with Crippen LogP contribution in [-0.4, -0.2) is 43.0 Å². The summed E-state index contributed by atoms with van der Waals surface area (Å²) >= 11 is 0. The topological polar surface area (TPSA) is 56.0 Å². The van der Waals surface area contributed by atoms with Crippen LogP contribution in [-0.2, 0) is 13.6 Å². The lowest BCUT2D eigenvalue weighted by Gasteiger charge is -2.33. The van der Waals surface area contributed by atoms with Crippen molar-refractivity contribution >= 4 is 5.91 Å². The van der Waals surface area contributed by atoms with Crippen molar-refractivity contribution in [2.24, 2.45) is 13.0 Å². The number of piperidine rings is 1. The van der Waals surface area contributed by atoms with Gasteiger partial charge in [-0.25, -0.2) is 9.97 Å². The zero-order chi connectivity index (χ0) is 17.9. The summed E-state index contributed by atoms with van der Waals surface area (Å²) in [5, 5.41) is 0. The number of carbonyl (C=O) groups excluding carboxylic acids is 1. The molecule has 6 heteroatoms. The van der Waals surface area contributed by atoms with Gasteiger partial charge < -0.3 is 14.0 Å². The van der Waals surface area contributed by atoms with Crippen LogP contribution in [0.25, 0.3) is 11.4 Å². The molecule has 4 rings (SSSR count). The summed E-state index contributed by atoms with van der Waals surface area (Å²) in [5.41, 5.74) is 1.70. The highest BCUT2D eigenvalue weighted by atomic mass is 16.2. The number of aromatic nitrogens is 4. The lowest BCUT2D eigenvalue weighted by atomic mass is 9.97. The number of imidazole rings is 2. The molecule has 6 nitrogen and oxygen atoms in total. The predicted octanol–water partition coefficient (Wildman–Crippen LogP) is 2.84. The number of likely N-dealkylation sites (tertiary alicyclic amines) is 1. The van der Waals surface area contributed by atoms with Gasteiger partial charge in [-0.2, -0.15) is 0 Å². The van der Waals surface area contributed by atoms with Gasteiger partial charge in [-0.15, -0.1) is 0 Å². The molecule has 0 bridgehead atoms. The number of hydrogen-bond donors (Lipinski definition) is 0. The second-order valence-electron chi connectivity index (χ2n) is 6.96. The lowest BCUT2D eigenvalue weighted by molar-refractivity contribution is 0.0662. The van der Waals surface area contributed by atoms with E-state index >= 15 is 0 Å². The van der Waals surface area contributed by atoms with Crippen LogP contribution in [0, 0.1) is 5.92 Å². The smallest absolute Gasteiger partial charge is 0.253 e. The average Bonchev–Trinajstić information content (AvgIpc) is 3.33. The summed E-state index contributed by atoms with van der Waals surface area (Å²) in [4.78, 5) is 23.5. The molecule has 1 aliphatic heterocycles. The van der Waals surface area contributed by atoms with Gasteiger partial charge in [0.25, 0.3) is 5.91 Å². The Bertz CT molecular complexity index is 883. The van der Waals surface area contributed by atoms with E-state index in [0.29, 0.717) is 5.92 Å². The first-order valence-electron chi connectivity index (χ1n) is 9.03. The molecule has 26 heavy (non-hydrogen) atoms. The van der Waals surface area contributed by atoms with Crippen molar-refractivity contribution in [3.05, 3.63) is 60.9 Å². The second kappa shape index (κ2) is 7.15. The molecule has 1 aromatic carbocycles. The van der Waals surface area contributed by atoms with Gasteiger partial charge in [-0.1, -0.05) is 12.1 Å². The third-order valence-corrected chi connectivity index (χ3v) is 5.02. The van der Waals surface area contributed by atoms with E-state index in [2.05, 4.69) is 14.5 Å². The van der Waals surface area contributed by atoms with E-state index in [9.17, 15) is 4.79 Å². The number of rotatable bonds is 4. The van der Waals surface area contributed by atoms with Gasteiger partial charge in [0.2, 0.25) is 0 Å². The van der Waals surface area contributed by atoms with Crippen LogP contribution < -0.4 is 0 Å². The zero-order valence-corrected chi connectivity index (χ0v) is 15.0. The van der Waals surface area contributed by atoms with Crippen LogP contribution in [0.2, 0.25) is 0 Å². The number of carbonyl (C=O) groups is 1. The highest BCUT2D eigenvalue weighted by Crippen LogP contribution is 2.23. The number of hydrogen-bond acceptors (Lipinski definition) is 3. The molecule has 0 unspecified atom stereocenters. The Morgan fingerprint density at radius 1 is 1.27 bits per heavy atom. The quantitative estimate of drug-likeness (QED) is 0.728. The highest BCUT2D eigenvalue weighted by Gasteiger charge is 2.25. The Balaban J connectivity index is 1.49. The molecule has 1 aliphatic rings. The SMILES string of the molecule is Cn1ccnc1-c1cccc(C(=O)N2CCC[C@H](Cn3ccnc3)C2)c1. The normalized spacial score (nSPS) is 17.4. The summed E-state index contributed by atoms with van der Waals surface area (Å²) in [6.45, 7) is 2.53. The van der Waals surface area contributed by atoms with E-state index in [1.165, 1.54) is 0 Å². The molecular formula is C20H23N5O. The van der Waals surface area contributed by atoms with E-state index in [1.807, 2.05) is 59.5 Å². The molecule has 2 aromatic heterocycles. The number of nitrogens with zero attached hydrogens (tertiary/aromatic N) is 5. The lowest BCUT2D eigenvalue weighted by Crippen LogP contribution is -2.41. The van der Waals surface area contributed by atoms with Crippen LogP contribution in [0.5, 0.6) is 0 Å². The average molecular weight is 349 g/mol. The van der Waals surface area contributed by atoms with Crippen LogP contribution in [0.3, 0.4) is 0 Å². The van der Waals surface area contributed by atoms with Gasteiger partial charge in [0.1, 0.15) is 5.82 Å². The van der Waals surface area contributed by atoms with Crippen LogP contribution >= 0.6 is 0 Å². The predicted molar refractivity (Wildman–Crippen MR) is 99.5 cm³/mol. The van der Waals surface area contributed by atoms with Gasteiger partial charge >= 0.3 is 0 Å². The molecule has 0 saturated carbocycles. The first-order chi connectivity index (χ1) is 12.7. The van der Waals surface area contributed by atoms with Crippen molar-refractivity contribution in [3.8, 4) is 11.4 Å². The number of amides is 1. The maximum atomic E-state index is 13.0. The molecule has 1 atom stereocenters. The van der Waals surface area contributed by atoms with Gasteiger partial charge in [0.15, 0.2) is 0 Å². The minimum absolute atomic E-state index is 0.108. The summed E-state index contributed by atoms with van der Waals surface area (Å²) in [5.74, 6) is 1.45. The van der Waals surface area contributed by atoms with Crippen LogP contribution in [0.15, 0.2) is 55.4 Å². The summed E-state index contributed by atoms with van der Waals surface area (Å²) in [7, 11) is 1.96. The largest absolute Gasteiger partial charge is 0.338 e. The van der Waals surface area contributed by atoms with Crippen LogP contribution in [0.4, 0.5) is 0 Å². The monoisotopic (exact) mass is 349 g/mol. The maximum Gasteiger partial charge on any atom is 0.253 e.